The number of ketones is 1. The summed E-state index contributed by atoms with van der Waals surface area (Å²) in [6.07, 6.45) is -3.93. The summed E-state index contributed by atoms with van der Waals surface area (Å²) in [6, 6.07) is 23.3. The maximum Gasteiger partial charge on any atom is 0.416 e. The third-order valence-electron chi connectivity index (χ3n) is 5.58. The fourth-order valence-corrected chi connectivity index (χ4v) is 3.74. The van der Waals surface area contributed by atoms with Gasteiger partial charge >= 0.3 is 6.18 Å². The van der Waals surface area contributed by atoms with Gasteiger partial charge in [0.25, 0.3) is 5.91 Å². The van der Waals surface area contributed by atoms with E-state index in [2.05, 4.69) is 10.3 Å². The van der Waals surface area contributed by atoms with Gasteiger partial charge < -0.3 is 11.1 Å². The molecule has 0 aliphatic heterocycles. The van der Waals surface area contributed by atoms with Crippen LogP contribution in [0.25, 0.3) is 11.1 Å². The van der Waals surface area contributed by atoms with Crippen molar-refractivity contribution in [2.45, 2.75) is 19.0 Å². The summed E-state index contributed by atoms with van der Waals surface area (Å²) in [6.45, 7) is 0. The lowest BCUT2D eigenvalue weighted by atomic mass is 9.96. The molecule has 36 heavy (non-hydrogen) atoms. The number of aromatic nitrogens is 1. The summed E-state index contributed by atoms with van der Waals surface area (Å²) in [5.41, 5.74) is 7.14. The predicted molar refractivity (Wildman–Crippen MR) is 133 cm³/mol. The van der Waals surface area contributed by atoms with E-state index in [1.807, 2.05) is 0 Å². The van der Waals surface area contributed by atoms with Crippen LogP contribution in [0.5, 0.6) is 0 Å². The number of alkyl halides is 3. The number of hydrogen-bond donors (Lipinski definition) is 2. The molecule has 0 radical (unpaired) electrons. The van der Waals surface area contributed by atoms with Crippen molar-refractivity contribution in [2.24, 2.45) is 0 Å². The summed E-state index contributed by atoms with van der Waals surface area (Å²) in [5, 5.41) is 2.64. The monoisotopic (exact) mass is 489 g/mol. The molecular weight excluding hydrogens is 467 g/mol. The normalized spacial score (nSPS) is 11.2. The number of halogens is 3. The second-order valence-corrected chi connectivity index (χ2v) is 8.13. The molecule has 3 aromatic carbocycles. The highest BCUT2D eigenvalue weighted by Gasteiger charge is 2.32. The lowest BCUT2D eigenvalue weighted by Crippen LogP contribution is -2.15. The first-order valence-corrected chi connectivity index (χ1v) is 11.1. The van der Waals surface area contributed by atoms with E-state index in [4.69, 9.17) is 5.73 Å². The minimum Gasteiger partial charge on any atom is -0.384 e. The van der Waals surface area contributed by atoms with Crippen LogP contribution in [-0.2, 0) is 12.6 Å². The Bertz CT molecular complexity index is 1390. The number of hydrogen-bond acceptors (Lipinski definition) is 4. The third-order valence-corrected chi connectivity index (χ3v) is 5.58. The zero-order valence-electron chi connectivity index (χ0n) is 19.0. The number of aryl methyl sites for hydroxylation is 1. The summed E-state index contributed by atoms with van der Waals surface area (Å²) in [5.74, 6) is -0.413. The van der Waals surface area contributed by atoms with E-state index >= 15 is 0 Å². The fourth-order valence-electron chi connectivity index (χ4n) is 3.74. The van der Waals surface area contributed by atoms with E-state index in [9.17, 15) is 22.8 Å². The van der Waals surface area contributed by atoms with Gasteiger partial charge in [-0.05, 0) is 66.1 Å². The van der Waals surface area contributed by atoms with Gasteiger partial charge in [-0.15, -0.1) is 0 Å². The maximum absolute atomic E-state index is 13.3. The second-order valence-electron chi connectivity index (χ2n) is 8.13. The molecule has 3 N–H and O–H groups in total. The quantitative estimate of drug-likeness (QED) is 0.294. The number of pyridine rings is 1. The van der Waals surface area contributed by atoms with Gasteiger partial charge in [-0.2, -0.15) is 13.2 Å². The SMILES string of the molecule is Nc1cccc(CCC(=O)c2ccc(NC(=O)c3cc(C(F)(F)F)ccc3-c3ccccc3)cc2)n1. The smallest absolute Gasteiger partial charge is 0.384 e. The molecule has 0 aliphatic rings. The topological polar surface area (TPSA) is 85.1 Å². The lowest BCUT2D eigenvalue weighted by Gasteiger charge is -2.14. The van der Waals surface area contributed by atoms with Crippen molar-refractivity contribution in [3.8, 4) is 11.1 Å². The van der Waals surface area contributed by atoms with Gasteiger partial charge in [-0.25, -0.2) is 4.98 Å². The fraction of sp³-hybridized carbons (Fsp3) is 0.107. The number of nitrogens with two attached hydrogens (primary N) is 1. The molecule has 4 aromatic rings. The van der Waals surface area contributed by atoms with E-state index in [1.54, 1.807) is 72.8 Å². The van der Waals surface area contributed by atoms with Gasteiger partial charge in [0, 0.05) is 28.9 Å². The molecule has 4 rings (SSSR count). The zero-order valence-corrected chi connectivity index (χ0v) is 19.0. The molecule has 0 bridgehead atoms. The zero-order chi connectivity index (χ0) is 25.7. The van der Waals surface area contributed by atoms with Crippen LogP contribution in [0.4, 0.5) is 24.7 Å². The highest BCUT2D eigenvalue weighted by Crippen LogP contribution is 2.34. The van der Waals surface area contributed by atoms with Crippen molar-refractivity contribution in [3.63, 3.8) is 0 Å². The highest BCUT2D eigenvalue weighted by molar-refractivity contribution is 6.09. The van der Waals surface area contributed by atoms with E-state index in [0.29, 0.717) is 40.3 Å². The van der Waals surface area contributed by atoms with Crippen LogP contribution in [0.2, 0.25) is 0 Å². The van der Waals surface area contributed by atoms with Crippen LogP contribution >= 0.6 is 0 Å². The molecular formula is C28H22F3N3O2. The predicted octanol–water partition coefficient (Wildman–Crippen LogP) is 6.42. The minimum absolute atomic E-state index is 0.106. The van der Waals surface area contributed by atoms with E-state index < -0.39 is 17.6 Å². The maximum atomic E-state index is 13.3. The molecule has 5 nitrogen and oxygen atoms in total. The van der Waals surface area contributed by atoms with Crippen molar-refractivity contribution < 1.29 is 22.8 Å². The molecule has 0 unspecified atom stereocenters. The van der Waals surface area contributed by atoms with Crippen molar-refractivity contribution in [1.82, 2.24) is 4.98 Å². The van der Waals surface area contributed by atoms with Crippen LogP contribution in [0.3, 0.4) is 0 Å². The van der Waals surface area contributed by atoms with Crippen molar-refractivity contribution in [2.75, 3.05) is 11.1 Å². The molecule has 0 spiro atoms. The third kappa shape index (κ3) is 5.96. The van der Waals surface area contributed by atoms with Gasteiger partial charge in [0.1, 0.15) is 5.82 Å². The Hall–Kier alpha value is -4.46. The van der Waals surface area contributed by atoms with Gasteiger partial charge in [-0.3, -0.25) is 9.59 Å². The number of rotatable bonds is 7. The Morgan fingerprint density at radius 1 is 0.861 bits per heavy atom. The van der Waals surface area contributed by atoms with Crippen LogP contribution in [0.15, 0.2) is 91.0 Å². The number of carbonyl (C=O) groups excluding carboxylic acids is 2. The first-order valence-electron chi connectivity index (χ1n) is 11.1. The molecule has 1 amide bonds. The lowest BCUT2D eigenvalue weighted by molar-refractivity contribution is -0.137. The van der Waals surface area contributed by atoms with Crippen molar-refractivity contribution in [3.05, 3.63) is 113 Å². The Labute approximate surface area is 205 Å². The Morgan fingerprint density at radius 3 is 2.25 bits per heavy atom. The summed E-state index contributed by atoms with van der Waals surface area (Å²) in [7, 11) is 0. The number of nitrogen functional groups attached to an aromatic ring is 1. The number of Topliss-reactive ketones (excluding diaryl/α,β-unsaturated/α-hetero) is 1. The Kier molecular flexibility index (Phi) is 7.15. The summed E-state index contributed by atoms with van der Waals surface area (Å²) in [4.78, 5) is 29.7. The molecule has 0 saturated carbocycles. The summed E-state index contributed by atoms with van der Waals surface area (Å²) >= 11 is 0. The molecule has 1 heterocycles. The second kappa shape index (κ2) is 10.4. The number of carbonyl (C=O) groups is 2. The average Bonchev–Trinajstić information content (AvgIpc) is 2.87. The van der Waals surface area contributed by atoms with Crippen LogP contribution in [0, 0.1) is 0 Å². The average molecular weight is 489 g/mol. The largest absolute Gasteiger partial charge is 0.416 e. The van der Waals surface area contributed by atoms with Crippen molar-refractivity contribution >= 4 is 23.2 Å². The standard InChI is InChI=1S/C28H22F3N3O2/c29-28(30,31)20-11-15-23(18-5-2-1-3-6-18)24(17-20)27(36)34-22-12-9-19(10-13-22)25(35)16-14-21-7-4-8-26(32)33-21/h1-13,15,17H,14,16H2,(H2,32,33)(H,34,36). The van der Waals surface area contributed by atoms with E-state index in [0.717, 1.165) is 12.1 Å². The first-order chi connectivity index (χ1) is 17.2. The minimum atomic E-state index is -4.59. The number of anilines is 2. The number of nitrogens with zero attached hydrogens (tertiary/aromatic N) is 1. The van der Waals surface area contributed by atoms with Crippen LogP contribution < -0.4 is 11.1 Å². The molecule has 0 saturated heterocycles. The highest BCUT2D eigenvalue weighted by atomic mass is 19.4. The molecule has 0 atom stereocenters. The van der Waals surface area contributed by atoms with Gasteiger partial charge in [-0.1, -0.05) is 42.5 Å². The Morgan fingerprint density at radius 2 is 1.58 bits per heavy atom. The van der Waals surface area contributed by atoms with Crippen LogP contribution in [0.1, 0.15) is 38.4 Å². The number of nitrogens with one attached hydrogen (secondary N) is 1. The Balaban J connectivity index is 1.50. The van der Waals surface area contributed by atoms with E-state index in [-0.39, 0.29) is 17.8 Å². The van der Waals surface area contributed by atoms with Crippen molar-refractivity contribution in [1.29, 1.82) is 0 Å². The van der Waals surface area contributed by atoms with Crippen LogP contribution in [-0.4, -0.2) is 16.7 Å². The van der Waals surface area contributed by atoms with E-state index in [1.165, 1.54) is 6.07 Å². The van der Waals surface area contributed by atoms with Gasteiger partial charge in [0.15, 0.2) is 5.78 Å². The van der Waals surface area contributed by atoms with Gasteiger partial charge in [0.2, 0.25) is 0 Å². The molecule has 182 valence electrons. The summed E-state index contributed by atoms with van der Waals surface area (Å²) < 4.78 is 40.0. The molecule has 1 aromatic heterocycles. The molecule has 0 aliphatic carbocycles. The molecule has 0 fully saturated rings. The van der Waals surface area contributed by atoms with Gasteiger partial charge in [0.05, 0.1) is 5.56 Å². The number of amides is 1. The first kappa shape index (κ1) is 24.7. The number of benzene rings is 3. The molecule has 8 heteroatoms.